The van der Waals surface area contributed by atoms with Crippen molar-refractivity contribution in [1.29, 1.82) is 0 Å². The van der Waals surface area contributed by atoms with Gasteiger partial charge in [0.15, 0.2) is 5.69 Å². The van der Waals surface area contributed by atoms with Gasteiger partial charge in [-0.15, -0.1) is 0 Å². The maximum absolute atomic E-state index is 12.8. The van der Waals surface area contributed by atoms with Crippen LogP contribution in [0.2, 0.25) is 5.02 Å². The summed E-state index contributed by atoms with van der Waals surface area (Å²) in [7, 11) is 0. The number of alkyl halides is 3. The first kappa shape index (κ1) is 18.1. The fourth-order valence-electron chi connectivity index (χ4n) is 2.60. The highest BCUT2D eigenvalue weighted by molar-refractivity contribution is 6.32. The summed E-state index contributed by atoms with van der Waals surface area (Å²) in [5.41, 5.74) is -1.07. The summed E-state index contributed by atoms with van der Waals surface area (Å²) in [5, 5.41) is 5.76. The Labute approximate surface area is 137 Å². The van der Waals surface area contributed by atoms with Gasteiger partial charge in [-0.2, -0.15) is 18.3 Å². The third kappa shape index (κ3) is 3.80. The van der Waals surface area contributed by atoms with Gasteiger partial charge in [-0.3, -0.25) is 9.48 Å². The van der Waals surface area contributed by atoms with Gasteiger partial charge in [-0.05, 0) is 33.6 Å². The smallest absolute Gasteiger partial charge is 0.376 e. The second kappa shape index (κ2) is 6.68. The molecule has 1 aromatic rings. The van der Waals surface area contributed by atoms with Crippen molar-refractivity contribution in [3.05, 3.63) is 16.4 Å². The van der Waals surface area contributed by atoms with Gasteiger partial charge in [0, 0.05) is 6.61 Å². The van der Waals surface area contributed by atoms with Crippen LogP contribution in [0, 0.1) is 6.92 Å². The summed E-state index contributed by atoms with van der Waals surface area (Å²) in [6.45, 7) is 5.35. The summed E-state index contributed by atoms with van der Waals surface area (Å²) in [6.07, 6.45) is -2.95. The normalized spacial score (nSPS) is 21.3. The van der Waals surface area contributed by atoms with Crippen LogP contribution >= 0.6 is 11.6 Å². The molecule has 1 aromatic heterocycles. The molecule has 0 radical (unpaired) electrons. The Hall–Kier alpha value is -1.28. The van der Waals surface area contributed by atoms with Crippen LogP contribution in [0.5, 0.6) is 0 Å². The molecule has 1 aliphatic rings. The highest BCUT2D eigenvalue weighted by Crippen LogP contribution is 2.36. The molecule has 1 saturated heterocycles. The van der Waals surface area contributed by atoms with E-state index in [1.54, 1.807) is 0 Å². The molecule has 0 bridgehead atoms. The van der Waals surface area contributed by atoms with E-state index in [0.717, 1.165) is 17.5 Å². The number of nitrogens with zero attached hydrogens (tertiary/aromatic N) is 2. The second-order valence-electron chi connectivity index (χ2n) is 5.72. The van der Waals surface area contributed by atoms with Gasteiger partial charge in [0.2, 0.25) is 5.91 Å². The second-order valence-corrected chi connectivity index (χ2v) is 6.09. The molecular formula is C14H19ClF3N3O2. The lowest BCUT2D eigenvalue weighted by atomic mass is 10.1. The van der Waals surface area contributed by atoms with Crippen LogP contribution in [0.1, 0.15) is 44.1 Å². The van der Waals surface area contributed by atoms with Gasteiger partial charge < -0.3 is 10.1 Å². The van der Waals surface area contributed by atoms with Crippen LogP contribution in [0.3, 0.4) is 0 Å². The summed E-state index contributed by atoms with van der Waals surface area (Å²) < 4.78 is 45.0. The maximum atomic E-state index is 12.8. The van der Waals surface area contributed by atoms with Crippen molar-refractivity contribution < 1.29 is 22.7 Å². The van der Waals surface area contributed by atoms with Crippen LogP contribution < -0.4 is 5.32 Å². The zero-order valence-corrected chi connectivity index (χ0v) is 13.8. The van der Waals surface area contributed by atoms with Crippen molar-refractivity contribution in [3.63, 3.8) is 0 Å². The molecule has 1 aliphatic heterocycles. The monoisotopic (exact) mass is 353 g/mol. The Kier molecular flexibility index (Phi) is 5.25. The lowest BCUT2D eigenvalue weighted by molar-refractivity contribution is -0.142. The third-order valence-corrected chi connectivity index (χ3v) is 4.44. The predicted molar refractivity (Wildman–Crippen MR) is 78.3 cm³/mol. The van der Waals surface area contributed by atoms with Crippen LogP contribution in [0.4, 0.5) is 13.2 Å². The molecule has 0 aliphatic carbocycles. The largest absolute Gasteiger partial charge is 0.436 e. The summed E-state index contributed by atoms with van der Waals surface area (Å²) in [6, 6.07) is -1.13. The van der Waals surface area contributed by atoms with E-state index in [-0.39, 0.29) is 17.8 Å². The Morgan fingerprint density at radius 2 is 2.13 bits per heavy atom. The Balaban J connectivity index is 2.13. The van der Waals surface area contributed by atoms with Gasteiger partial charge >= 0.3 is 6.18 Å². The fourth-order valence-corrected chi connectivity index (χ4v) is 2.83. The van der Waals surface area contributed by atoms with E-state index in [9.17, 15) is 18.0 Å². The SMILES string of the molecule is Cc1c(Cl)c(C(F)(F)F)nn1[C@H](C)C(=O)N[C@H](C)[C@H]1CCCO1. The zero-order valence-electron chi connectivity index (χ0n) is 13.1. The van der Waals surface area contributed by atoms with Crippen LogP contribution in [0.25, 0.3) is 0 Å². The first-order valence-electron chi connectivity index (χ1n) is 7.36. The van der Waals surface area contributed by atoms with Crippen molar-refractivity contribution in [3.8, 4) is 0 Å². The number of halogens is 4. The van der Waals surface area contributed by atoms with E-state index in [2.05, 4.69) is 10.4 Å². The lowest BCUT2D eigenvalue weighted by Gasteiger charge is -2.22. The molecule has 9 heteroatoms. The number of carbonyl (C=O) groups is 1. The number of nitrogens with one attached hydrogen (secondary N) is 1. The molecule has 3 atom stereocenters. The van der Waals surface area contributed by atoms with Crippen molar-refractivity contribution >= 4 is 17.5 Å². The lowest BCUT2D eigenvalue weighted by Crippen LogP contribution is -2.43. The third-order valence-electron chi connectivity index (χ3n) is 3.98. The van der Waals surface area contributed by atoms with E-state index in [1.807, 2.05) is 6.92 Å². The molecule has 1 fully saturated rings. The van der Waals surface area contributed by atoms with E-state index >= 15 is 0 Å². The highest BCUT2D eigenvalue weighted by Gasteiger charge is 2.39. The van der Waals surface area contributed by atoms with Gasteiger partial charge in [0.25, 0.3) is 0 Å². The molecular weight excluding hydrogens is 335 g/mol. The molecule has 130 valence electrons. The molecule has 23 heavy (non-hydrogen) atoms. The van der Waals surface area contributed by atoms with Gasteiger partial charge in [-0.25, -0.2) is 0 Å². The molecule has 0 saturated carbocycles. The minimum absolute atomic E-state index is 0.0702. The van der Waals surface area contributed by atoms with Crippen molar-refractivity contribution in [1.82, 2.24) is 15.1 Å². The first-order valence-corrected chi connectivity index (χ1v) is 7.74. The molecule has 2 heterocycles. The van der Waals surface area contributed by atoms with E-state index < -0.39 is 28.8 Å². The van der Waals surface area contributed by atoms with Gasteiger partial charge in [0.05, 0.1) is 22.9 Å². The summed E-state index contributed by atoms with van der Waals surface area (Å²) in [4.78, 5) is 12.3. The minimum Gasteiger partial charge on any atom is -0.376 e. The van der Waals surface area contributed by atoms with E-state index in [1.165, 1.54) is 13.8 Å². The Morgan fingerprint density at radius 3 is 2.61 bits per heavy atom. The molecule has 0 unspecified atom stereocenters. The Morgan fingerprint density at radius 1 is 1.48 bits per heavy atom. The number of rotatable bonds is 4. The van der Waals surface area contributed by atoms with E-state index in [4.69, 9.17) is 16.3 Å². The molecule has 0 spiro atoms. The van der Waals surface area contributed by atoms with Crippen LogP contribution in [0.15, 0.2) is 0 Å². The summed E-state index contributed by atoms with van der Waals surface area (Å²) in [5.74, 6) is -0.427. The fraction of sp³-hybridized carbons (Fsp3) is 0.714. The molecule has 1 amide bonds. The average Bonchev–Trinajstić information content (AvgIpc) is 3.07. The highest BCUT2D eigenvalue weighted by atomic mass is 35.5. The van der Waals surface area contributed by atoms with Crippen molar-refractivity contribution in [2.45, 2.75) is 58.0 Å². The van der Waals surface area contributed by atoms with Gasteiger partial charge in [-0.1, -0.05) is 11.6 Å². The zero-order chi connectivity index (χ0) is 17.4. The molecule has 0 aromatic carbocycles. The standard InChI is InChI=1S/C14H19ClF3N3O2/c1-7(10-5-4-6-23-10)19-13(22)9(3)21-8(2)11(15)12(20-21)14(16,17)18/h7,9-10H,4-6H2,1-3H3,(H,19,22)/t7-,9-,10-/m1/s1. The first-order chi connectivity index (χ1) is 10.6. The van der Waals surface area contributed by atoms with Crippen molar-refractivity contribution in [2.75, 3.05) is 6.61 Å². The van der Waals surface area contributed by atoms with Crippen LogP contribution in [-0.4, -0.2) is 34.4 Å². The van der Waals surface area contributed by atoms with Gasteiger partial charge in [0.1, 0.15) is 6.04 Å². The molecule has 2 rings (SSSR count). The minimum atomic E-state index is -4.66. The molecule has 1 N–H and O–H groups in total. The number of ether oxygens (including phenoxy) is 1. The number of amides is 1. The Bertz CT molecular complexity index is 583. The number of aromatic nitrogens is 2. The number of hydrogen-bond acceptors (Lipinski definition) is 3. The molecule has 5 nitrogen and oxygen atoms in total. The maximum Gasteiger partial charge on any atom is 0.436 e. The topological polar surface area (TPSA) is 56.2 Å². The van der Waals surface area contributed by atoms with E-state index in [0.29, 0.717) is 6.61 Å². The van der Waals surface area contributed by atoms with Crippen molar-refractivity contribution in [2.24, 2.45) is 0 Å². The number of hydrogen-bond donors (Lipinski definition) is 1. The predicted octanol–water partition coefficient (Wildman–Crippen LogP) is 3.11. The average molecular weight is 354 g/mol. The quantitative estimate of drug-likeness (QED) is 0.905. The van der Waals surface area contributed by atoms with Crippen LogP contribution in [-0.2, 0) is 15.7 Å². The number of carbonyl (C=O) groups excluding carboxylic acids is 1. The summed E-state index contributed by atoms with van der Waals surface area (Å²) >= 11 is 5.70.